The number of nitrogens with one attached hydrogen (secondary N) is 2. The number of benzene rings is 1. The molecule has 3 rings (SSSR count). The second kappa shape index (κ2) is 10.9. The predicted molar refractivity (Wildman–Crippen MR) is 121 cm³/mol. The number of carbonyl (C=O) groups excluding carboxylic acids is 2. The minimum absolute atomic E-state index is 0.0223. The summed E-state index contributed by atoms with van der Waals surface area (Å²) in [6.07, 6.45) is 0. The van der Waals surface area contributed by atoms with Crippen molar-refractivity contribution >= 4 is 33.6 Å². The minimum atomic E-state index is -0.621. The van der Waals surface area contributed by atoms with Crippen LogP contribution in [0.4, 0.5) is 5.82 Å². The van der Waals surface area contributed by atoms with Crippen LogP contribution in [0.1, 0.15) is 33.3 Å². The van der Waals surface area contributed by atoms with Gasteiger partial charge in [-0.3, -0.25) is 9.59 Å². The van der Waals surface area contributed by atoms with Crippen molar-refractivity contribution in [1.29, 1.82) is 0 Å². The lowest BCUT2D eigenvalue weighted by Crippen LogP contribution is -2.36. The summed E-state index contributed by atoms with van der Waals surface area (Å²) in [7, 11) is 0. The van der Waals surface area contributed by atoms with Crippen LogP contribution in [0, 0.1) is 30.9 Å². The van der Waals surface area contributed by atoms with Crippen LogP contribution in [0.3, 0.4) is 0 Å². The van der Waals surface area contributed by atoms with Crippen LogP contribution in [0.25, 0.3) is 0 Å². The molecule has 3 aromatic rings. The van der Waals surface area contributed by atoms with Gasteiger partial charge in [0.2, 0.25) is 0 Å². The Labute approximate surface area is 202 Å². The molecule has 0 unspecified atom stereocenters. The molecule has 2 N–H and O–H groups in total. The van der Waals surface area contributed by atoms with E-state index in [1.54, 1.807) is 6.92 Å². The molecule has 2 aromatic heterocycles. The molecule has 14 heteroatoms. The highest BCUT2D eigenvalue weighted by Gasteiger charge is 2.25. The molecular formula is C20H22BrN7O6. The molecule has 2 heterocycles. The molecule has 0 radical (unpaired) electrons. The first-order valence-electron chi connectivity index (χ1n) is 10.1. The van der Waals surface area contributed by atoms with Gasteiger partial charge in [0.1, 0.15) is 16.8 Å². The first-order chi connectivity index (χ1) is 16.2. The first-order valence-corrected chi connectivity index (χ1v) is 10.9. The molecule has 0 aliphatic carbocycles. The summed E-state index contributed by atoms with van der Waals surface area (Å²) in [6, 6.07) is 5.67. The molecule has 0 saturated carbocycles. The van der Waals surface area contributed by atoms with Gasteiger partial charge in [-0.05, 0) is 53.3 Å². The van der Waals surface area contributed by atoms with Crippen molar-refractivity contribution in [3.8, 4) is 5.75 Å². The maximum atomic E-state index is 12.2. The zero-order valence-corrected chi connectivity index (χ0v) is 20.2. The average molecular weight is 536 g/mol. The summed E-state index contributed by atoms with van der Waals surface area (Å²) in [4.78, 5) is 38.5. The Bertz CT molecular complexity index is 1220. The molecule has 180 valence electrons. The van der Waals surface area contributed by atoms with E-state index in [0.717, 1.165) is 11.1 Å². The molecule has 0 bridgehead atoms. The smallest absolute Gasteiger partial charge is 0.404 e. The van der Waals surface area contributed by atoms with Crippen LogP contribution >= 0.6 is 15.9 Å². The number of aryl methyl sites for hydroxylation is 2. The number of nitro groups is 1. The summed E-state index contributed by atoms with van der Waals surface area (Å²) in [5.41, 5.74) is 2.54. The fourth-order valence-corrected chi connectivity index (χ4v) is 3.36. The number of nitrogens with zero attached hydrogens (tertiary/aromatic N) is 5. The Hall–Kier alpha value is -3.81. The average Bonchev–Trinajstić information content (AvgIpc) is 3.36. The molecule has 2 amide bonds. The minimum Gasteiger partial charge on any atom is -0.484 e. The number of hydrogen-bond donors (Lipinski definition) is 2. The topological polar surface area (TPSA) is 167 Å². The lowest BCUT2D eigenvalue weighted by molar-refractivity contribution is -0.390. The van der Waals surface area contributed by atoms with Crippen LogP contribution in [0.15, 0.2) is 27.2 Å². The van der Waals surface area contributed by atoms with Crippen molar-refractivity contribution in [1.82, 2.24) is 30.6 Å². The maximum Gasteiger partial charge on any atom is 0.404 e. The molecule has 0 aliphatic heterocycles. The number of rotatable bonds is 10. The van der Waals surface area contributed by atoms with Gasteiger partial charge in [-0.1, -0.05) is 22.9 Å². The van der Waals surface area contributed by atoms with E-state index in [0.29, 0.717) is 11.4 Å². The molecule has 34 heavy (non-hydrogen) atoms. The Morgan fingerprint density at radius 1 is 1.24 bits per heavy atom. The van der Waals surface area contributed by atoms with Crippen molar-refractivity contribution in [2.75, 3.05) is 19.7 Å². The Balaban J connectivity index is 1.42. The highest BCUT2D eigenvalue weighted by atomic mass is 79.9. The largest absolute Gasteiger partial charge is 0.484 e. The zero-order chi connectivity index (χ0) is 24.8. The van der Waals surface area contributed by atoms with E-state index in [4.69, 9.17) is 9.26 Å². The monoisotopic (exact) mass is 535 g/mol. The van der Waals surface area contributed by atoms with Gasteiger partial charge < -0.3 is 30.0 Å². The van der Waals surface area contributed by atoms with E-state index >= 15 is 0 Å². The van der Waals surface area contributed by atoms with E-state index in [2.05, 4.69) is 41.8 Å². The van der Waals surface area contributed by atoms with Crippen molar-refractivity contribution in [2.45, 2.75) is 27.3 Å². The summed E-state index contributed by atoms with van der Waals surface area (Å²) < 4.78 is 12.0. The summed E-state index contributed by atoms with van der Waals surface area (Å²) >= 11 is 3.12. The molecule has 0 saturated heterocycles. The highest BCUT2D eigenvalue weighted by Crippen LogP contribution is 2.27. The quantitative estimate of drug-likeness (QED) is 0.223. The number of ether oxygens (including phenoxy) is 1. The molecular weight excluding hydrogens is 514 g/mol. The Kier molecular flexibility index (Phi) is 7.94. The molecule has 0 fully saturated rings. The Morgan fingerprint density at radius 2 is 1.97 bits per heavy atom. The first kappa shape index (κ1) is 24.8. The summed E-state index contributed by atoms with van der Waals surface area (Å²) in [6.45, 7) is 5.64. The molecule has 1 aromatic carbocycles. The van der Waals surface area contributed by atoms with E-state index in [1.807, 2.05) is 32.0 Å². The van der Waals surface area contributed by atoms with Gasteiger partial charge in [-0.25, -0.2) is 0 Å². The lowest BCUT2D eigenvalue weighted by Gasteiger charge is -2.10. The van der Waals surface area contributed by atoms with Gasteiger partial charge in [-0.15, -0.1) is 0 Å². The van der Waals surface area contributed by atoms with Gasteiger partial charge in [0, 0.05) is 13.1 Å². The number of amides is 2. The number of halogens is 1. The Morgan fingerprint density at radius 3 is 2.65 bits per heavy atom. The SMILES string of the molecule is Cc1ccc(OCC(=O)NCCNC(=O)c2nc(Cn3nc([N+](=O)[O-])c(Br)c3C)no2)c(C)c1. The van der Waals surface area contributed by atoms with Crippen molar-refractivity contribution < 1.29 is 23.8 Å². The fraction of sp³-hybridized carbons (Fsp3) is 0.350. The molecule has 0 spiro atoms. The third-order valence-corrected chi connectivity index (χ3v) is 5.59. The standard InChI is InChI=1S/C20H22BrN7O6/c1-11-4-5-14(12(2)8-11)33-10-16(29)22-6-7-23-19(30)20-24-15(26-34-20)9-27-13(3)17(21)18(25-27)28(31)32/h4-5,8H,6-7,9-10H2,1-3H3,(H,22,29)(H,23,30). The molecule has 13 nitrogen and oxygen atoms in total. The zero-order valence-electron chi connectivity index (χ0n) is 18.6. The third kappa shape index (κ3) is 6.15. The van der Waals surface area contributed by atoms with Crippen LogP contribution < -0.4 is 15.4 Å². The van der Waals surface area contributed by atoms with E-state index < -0.39 is 10.8 Å². The number of hydrogen-bond acceptors (Lipinski definition) is 9. The van der Waals surface area contributed by atoms with Gasteiger partial charge in [0.25, 0.3) is 5.91 Å². The van der Waals surface area contributed by atoms with Gasteiger partial charge in [0.05, 0.1) is 10.8 Å². The van der Waals surface area contributed by atoms with E-state index in [-0.39, 0.29) is 54.2 Å². The van der Waals surface area contributed by atoms with Crippen molar-refractivity contribution in [3.63, 3.8) is 0 Å². The highest BCUT2D eigenvalue weighted by molar-refractivity contribution is 9.10. The van der Waals surface area contributed by atoms with E-state index in [1.165, 1.54) is 4.68 Å². The van der Waals surface area contributed by atoms with Crippen LogP contribution in [-0.4, -0.2) is 56.4 Å². The fourth-order valence-electron chi connectivity index (χ4n) is 2.93. The number of aromatic nitrogens is 4. The van der Waals surface area contributed by atoms with Crippen molar-refractivity contribution in [2.24, 2.45) is 0 Å². The van der Waals surface area contributed by atoms with Gasteiger partial charge in [-0.2, -0.15) is 9.67 Å². The maximum absolute atomic E-state index is 12.2. The van der Waals surface area contributed by atoms with Crippen LogP contribution in [0.2, 0.25) is 0 Å². The lowest BCUT2D eigenvalue weighted by atomic mass is 10.1. The predicted octanol–water partition coefficient (Wildman–Crippen LogP) is 1.84. The number of carbonyl (C=O) groups is 2. The van der Waals surface area contributed by atoms with E-state index in [9.17, 15) is 19.7 Å². The van der Waals surface area contributed by atoms with Gasteiger partial charge >= 0.3 is 17.6 Å². The second-order valence-corrected chi connectivity index (χ2v) is 8.11. The van der Waals surface area contributed by atoms with Gasteiger partial charge in [0.15, 0.2) is 12.4 Å². The normalized spacial score (nSPS) is 10.7. The summed E-state index contributed by atoms with van der Waals surface area (Å²) in [5.74, 6) is -0.810. The molecule has 0 atom stereocenters. The second-order valence-electron chi connectivity index (χ2n) is 7.32. The van der Waals surface area contributed by atoms with Crippen LogP contribution in [-0.2, 0) is 11.3 Å². The molecule has 0 aliphatic rings. The van der Waals surface area contributed by atoms with Crippen LogP contribution in [0.5, 0.6) is 5.75 Å². The van der Waals surface area contributed by atoms with Crippen molar-refractivity contribution in [3.05, 3.63) is 61.3 Å². The third-order valence-electron chi connectivity index (χ3n) is 4.66. The summed E-state index contributed by atoms with van der Waals surface area (Å²) in [5, 5.41) is 23.8.